The Morgan fingerprint density at radius 1 is 1.27 bits per heavy atom. The maximum absolute atomic E-state index is 9.81. The molecule has 0 aromatic rings. The van der Waals surface area contributed by atoms with E-state index in [1.54, 1.807) is 0 Å². The number of aliphatic hydroxyl groups excluding tert-OH is 1. The highest BCUT2D eigenvalue weighted by Gasteiger charge is 2.60. The molecule has 0 aliphatic heterocycles. The summed E-state index contributed by atoms with van der Waals surface area (Å²) in [5.41, 5.74) is 0.601. The molecule has 0 aromatic carbocycles. The molecular formula is C10H18O. The van der Waals surface area contributed by atoms with Gasteiger partial charge < -0.3 is 5.11 Å². The van der Waals surface area contributed by atoms with E-state index in [4.69, 9.17) is 0 Å². The van der Waals surface area contributed by atoms with Gasteiger partial charge in [-0.3, -0.25) is 0 Å². The molecule has 2 aliphatic carbocycles. The smallest absolute Gasteiger partial charge is 0.0601 e. The van der Waals surface area contributed by atoms with Crippen LogP contribution in [0.3, 0.4) is 0 Å². The van der Waals surface area contributed by atoms with Crippen molar-refractivity contribution in [3.05, 3.63) is 0 Å². The van der Waals surface area contributed by atoms with Crippen LogP contribution in [0, 0.1) is 16.7 Å². The minimum absolute atomic E-state index is 0.0313. The molecule has 11 heavy (non-hydrogen) atoms. The van der Waals surface area contributed by atoms with Crippen LogP contribution in [0.25, 0.3) is 0 Å². The third kappa shape index (κ3) is 0.658. The van der Waals surface area contributed by atoms with Gasteiger partial charge in [-0.25, -0.2) is 0 Å². The van der Waals surface area contributed by atoms with Crippen molar-refractivity contribution in [2.75, 3.05) is 0 Å². The first-order chi connectivity index (χ1) is 4.98. The van der Waals surface area contributed by atoms with E-state index >= 15 is 0 Å². The molecule has 3 atom stereocenters. The fourth-order valence-corrected chi connectivity index (χ4v) is 3.16. The predicted molar refractivity (Wildman–Crippen MR) is 45.2 cm³/mol. The van der Waals surface area contributed by atoms with Gasteiger partial charge in [0.25, 0.3) is 0 Å². The van der Waals surface area contributed by atoms with Crippen LogP contribution in [0.5, 0.6) is 0 Å². The van der Waals surface area contributed by atoms with Crippen LogP contribution in [0.2, 0.25) is 0 Å². The van der Waals surface area contributed by atoms with E-state index in [0.29, 0.717) is 5.41 Å². The van der Waals surface area contributed by atoms with Crippen LogP contribution in [0.15, 0.2) is 0 Å². The Balaban J connectivity index is 2.40. The lowest BCUT2D eigenvalue weighted by Gasteiger charge is -2.36. The quantitative estimate of drug-likeness (QED) is 0.567. The molecule has 2 aliphatic rings. The zero-order chi connectivity index (χ0) is 8.28. The summed E-state index contributed by atoms with van der Waals surface area (Å²) in [6, 6.07) is 0. The van der Waals surface area contributed by atoms with E-state index in [1.807, 2.05) is 0 Å². The minimum Gasteiger partial charge on any atom is -0.393 e. The second-order valence-corrected chi connectivity index (χ2v) is 5.13. The van der Waals surface area contributed by atoms with Gasteiger partial charge in [-0.05, 0) is 36.0 Å². The maximum atomic E-state index is 9.81. The molecule has 0 radical (unpaired) electrons. The SMILES string of the molecule is CC1(C)C2CC[C@]1(C)C(O)C2. The first-order valence-electron chi connectivity index (χ1n) is 4.66. The van der Waals surface area contributed by atoms with Crippen LogP contribution in [0.1, 0.15) is 40.0 Å². The molecule has 2 fully saturated rings. The maximum Gasteiger partial charge on any atom is 0.0601 e. The van der Waals surface area contributed by atoms with Gasteiger partial charge in [0, 0.05) is 0 Å². The zero-order valence-corrected chi connectivity index (χ0v) is 7.72. The molecule has 2 rings (SSSR count). The number of aliphatic hydroxyl groups is 1. The Hall–Kier alpha value is -0.0400. The Morgan fingerprint density at radius 3 is 2.09 bits per heavy atom. The average Bonchev–Trinajstić information content (AvgIpc) is 2.20. The lowest BCUT2D eigenvalue weighted by molar-refractivity contribution is 0.0126. The van der Waals surface area contributed by atoms with Crippen molar-refractivity contribution < 1.29 is 5.11 Å². The fraction of sp³-hybridized carbons (Fsp3) is 1.00. The Bertz CT molecular complexity index is 185. The molecule has 0 saturated heterocycles. The summed E-state index contributed by atoms with van der Waals surface area (Å²) in [6.45, 7) is 6.90. The van der Waals surface area contributed by atoms with Crippen LogP contribution in [-0.4, -0.2) is 11.2 Å². The Kier molecular flexibility index (Phi) is 1.26. The third-order valence-electron chi connectivity index (χ3n) is 4.75. The summed E-state index contributed by atoms with van der Waals surface area (Å²) in [7, 11) is 0. The molecule has 2 bridgehead atoms. The normalized spacial score (nSPS) is 53.5. The van der Waals surface area contributed by atoms with Gasteiger partial charge in [0.15, 0.2) is 0 Å². The average molecular weight is 154 g/mol. The number of hydrogen-bond acceptors (Lipinski definition) is 1. The van der Waals surface area contributed by atoms with Crippen molar-refractivity contribution in [1.82, 2.24) is 0 Å². The monoisotopic (exact) mass is 154 g/mol. The van der Waals surface area contributed by atoms with Gasteiger partial charge in [0.2, 0.25) is 0 Å². The molecule has 1 heteroatoms. The molecule has 2 unspecified atom stereocenters. The van der Waals surface area contributed by atoms with Crippen LogP contribution in [-0.2, 0) is 0 Å². The van der Waals surface area contributed by atoms with Gasteiger partial charge in [0.1, 0.15) is 0 Å². The standard InChI is InChI=1S/C10H18O/c1-9(2)7-4-5-10(9,3)8(11)6-7/h7-8,11H,4-6H2,1-3H3/t7?,8?,10-/m1/s1. The van der Waals surface area contributed by atoms with Crippen molar-refractivity contribution in [1.29, 1.82) is 0 Å². The summed E-state index contributed by atoms with van der Waals surface area (Å²) in [5, 5.41) is 9.81. The molecule has 2 saturated carbocycles. The highest BCUT2D eigenvalue weighted by molar-refractivity contribution is 5.10. The van der Waals surface area contributed by atoms with Crippen LogP contribution < -0.4 is 0 Å². The zero-order valence-electron chi connectivity index (χ0n) is 7.72. The first kappa shape index (κ1) is 7.60. The van der Waals surface area contributed by atoms with E-state index in [-0.39, 0.29) is 11.5 Å². The molecule has 0 spiro atoms. The van der Waals surface area contributed by atoms with Crippen molar-refractivity contribution in [3.8, 4) is 0 Å². The molecule has 1 nitrogen and oxygen atoms in total. The molecule has 0 aromatic heterocycles. The summed E-state index contributed by atoms with van der Waals surface area (Å²) < 4.78 is 0. The van der Waals surface area contributed by atoms with Crippen molar-refractivity contribution in [2.45, 2.75) is 46.1 Å². The van der Waals surface area contributed by atoms with E-state index < -0.39 is 0 Å². The minimum atomic E-state index is -0.0313. The van der Waals surface area contributed by atoms with E-state index in [0.717, 1.165) is 12.3 Å². The van der Waals surface area contributed by atoms with Crippen LogP contribution >= 0.6 is 0 Å². The largest absolute Gasteiger partial charge is 0.393 e. The molecule has 1 N–H and O–H groups in total. The Morgan fingerprint density at radius 2 is 1.91 bits per heavy atom. The van der Waals surface area contributed by atoms with Gasteiger partial charge in [-0.1, -0.05) is 20.8 Å². The first-order valence-corrected chi connectivity index (χ1v) is 4.66. The van der Waals surface area contributed by atoms with Crippen LogP contribution in [0.4, 0.5) is 0 Å². The molecule has 64 valence electrons. The van der Waals surface area contributed by atoms with Gasteiger partial charge in [-0.2, -0.15) is 0 Å². The second kappa shape index (κ2) is 1.82. The summed E-state index contributed by atoms with van der Waals surface area (Å²) in [6.07, 6.45) is 3.58. The fourth-order valence-electron chi connectivity index (χ4n) is 3.16. The number of hydrogen-bond donors (Lipinski definition) is 1. The molecular weight excluding hydrogens is 136 g/mol. The summed E-state index contributed by atoms with van der Waals surface area (Å²) in [5.74, 6) is 0.780. The van der Waals surface area contributed by atoms with Crippen molar-refractivity contribution >= 4 is 0 Å². The predicted octanol–water partition coefficient (Wildman–Crippen LogP) is 2.19. The molecule has 0 amide bonds. The second-order valence-electron chi connectivity index (χ2n) is 5.13. The number of fused-ring (bicyclic) bond motifs is 2. The lowest BCUT2D eigenvalue weighted by atomic mass is 9.70. The van der Waals surface area contributed by atoms with E-state index in [9.17, 15) is 5.11 Å². The topological polar surface area (TPSA) is 20.2 Å². The number of rotatable bonds is 0. The van der Waals surface area contributed by atoms with Crippen molar-refractivity contribution in [2.24, 2.45) is 16.7 Å². The third-order valence-corrected chi connectivity index (χ3v) is 4.75. The van der Waals surface area contributed by atoms with Crippen molar-refractivity contribution in [3.63, 3.8) is 0 Å². The summed E-state index contributed by atoms with van der Waals surface area (Å²) >= 11 is 0. The Labute approximate surface area is 68.8 Å². The summed E-state index contributed by atoms with van der Waals surface area (Å²) in [4.78, 5) is 0. The van der Waals surface area contributed by atoms with Gasteiger partial charge >= 0.3 is 0 Å². The molecule has 0 heterocycles. The highest BCUT2D eigenvalue weighted by atomic mass is 16.3. The highest BCUT2D eigenvalue weighted by Crippen LogP contribution is 2.65. The van der Waals surface area contributed by atoms with E-state index in [2.05, 4.69) is 20.8 Å². The van der Waals surface area contributed by atoms with Gasteiger partial charge in [-0.15, -0.1) is 0 Å². The lowest BCUT2D eigenvalue weighted by Crippen LogP contribution is -2.35. The van der Waals surface area contributed by atoms with E-state index in [1.165, 1.54) is 12.8 Å². The van der Waals surface area contributed by atoms with Gasteiger partial charge in [0.05, 0.1) is 6.10 Å².